The maximum Gasteiger partial charge on any atom is 0.175 e. The van der Waals surface area contributed by atoms with Crippen LogP contribution in [0.1, 0.15) is 18.9 Å². The topological polar surface area (TPSA) is 37.4 Å². The zero-order chi connectivity index (χ0) is 19.0. The molecule has 134 valence electrons. The molecule has 0 bridgehead atoms. The van der Waals surface area contributed by atoms with E-state index < -0.39 is 9.84 Å². The summed E-state index contributed by atoms with van der Waals surface area (Å²) in [4.78, 5) is 2.38. The first-order valence-electron chi connectivity index (χ1n) is 8.10. The van der Waals surface area contributed by atoms with Crippen molar-refractivity contribution in [2.75, 3.05) is 19.8 Å². The molecule has 0 N–H and O–H groups in total. The third-order valence-electron chi connectivity index (χ3n) is 3.86. The van der Waals surface area contributed by atoms with Gasteiger partial charge in [-0.05, 0) is 35.8 Å². The van der Waals surface area contributed by atoms with Crippen molar-refractivity contribution in [3.8, 4) is 0 Å². The van der Waals surface area contributed by atoms with Gasteiger partial charge in [0.15, 0.2) is 9.84 Å². The highest BCUT2D eigenvalue weighted by atomic mass is 32.2. The van der Waals surface area contributed by atoms with Crippen LogP contribution in [0, 0.1) is 0 Å². The molecule has 3 nitrogen and oxygen atoms in total. The van der Waals surface area contributed by atoms with Gasteiger partial charge in [0, 0.05) is 31.1 Å². The van der Waals surface area contributed by atoms with Crippen LogP contribution in [0.15, 0.2) is 84.5 Å². The highest BCUT2D eigenvalue weighted by Gasteiger charge is 2.14. The van der Waals surface area contributed by atoms with Crippen molar-refractivity contribution >= 4 is 15.4 Å². The Bertz CT molecular complexity index is 797. The lowest BCUT2D eigenvalue weighted by Gasteiger charge is -2.24. The minimum atomic E-state index is -3.22. The summed E-state index contributed by atoms with van der Waals surface area (Å²) in [5, 5.41) is 0. The molecule has 0 aliphatic carbocycles. The van der Waals surface area contributed by atoms with Crippen LogP contribution in [-0.4, -0.2) is 33.2 Å². The summed E-state index contributed by atoms with van der Waals surface area (Å²) < 4.78 is 23.4. The van der Waals surface area contributed by atoms with Crippen molar-refractivity contribution in [1.82, 2.24) is 4.90 Å². The average molecular weight is 358 g/mol. The predicted octanol–water partition coefficient (Wildman–Crippen LogP) is 4.63. The molecule has 0 spiro atoms. The van der Waals surface area contributed by atoms with Crippen LogP contribution < -0.4 is 0 Å². The summed E-state index contributed by atoms with van der Waals surface area (Å²) in [5.74, 6) is 0. The van der Waals surface area contributed by atoms with E-state index in [0.29, 0.717) is 11.4 Å². The summed E-state index contributed by atoms with van der Waals surface area (Å²) in [6.45, 7) is 14.6. The molecule has 4 heteroatoms. The molecule has 0 aliphatic heterocycles. The molecule has 1 aromatic rings. The lowest BCUT2D eigenvalue weighted by molar-refractivity contribution is 0.482. The number of benzene rings is 1. The van der Waals surface area contributed by atoms with Gasteiger partial charge >= 0.3 is 0 Å². The molecular formula is C21H27NO2S. The number of hydrogen-bond donors (Lipinski definition) is 0. The first kappa shape index (κ1) is 20.7. The number of allylic oxidation sites excluding steroid dienone is 5. The normalized spacial score (nSPS) is 12.6. The highest BCUT2D eigenvalue weighted by molar-refractivity contribution is 7.90. The zero-order valence-corrected chi connectivity index (χ0v) is 16.1. The molecule has 0 aromatic heterocycles. The first-order valence-corrected chi connectivity index (χ1v) is 9.99. The molecular weight excluding hydrogens is 330 g/mol. The molecule has 0 aliphatic rings. The van der Waals surface area contributed by atoms with Crippen molar-refractivity contribution in [3.05, 3.63) is 85.1 Å². The fraction of sp³-hybridized carbons (Fsp3) is 0.238. The van der Waals surface area contributed by atoms with Gasteiger partial charge in [-0.25, -0.2) is 8.42 Å². The quantitative estimate of drug-likeness (QED) is 0.605. The van der Waals surface area contributed by atoms with Crippen LogP contribution in [0.5, 0.6) is 0 Å². The minimum Gasteiger partial charge on any atom is -0.370 e. The second kappa shape index (κ2) is 9.23. The van der Waals surface area contributed by atoms with Crippen LogP contribution in [0.4, 0.5) is 0 Å². The Morgan fingerprint density at radius 2 is 1.80 bits per heavy atom. The molecule has 1 aromatic carbocycles. The van der Waals surface area contributed by atoms with E-state index in [1.54, 1.807) is 18.2 Å². The standard InChI is InChI=1S/C21H27NO2S/c1-7-10-11-16-22(5)20(9-3)21(17(4)8-2)18-12-14-19(15-13-18)25(6,23)24/h7,9-15H,1,3-4,8,16H2,2,5-6H3/b11-10-,21-20+. The van der Waals surface area contributed by atoms with Gasteiger partial charge in [0.1, 0.15) is 0 Å². The van der Waals surface area contributed by atoms with Crippen LogP contribution in [0.25, 0.3) is 5.57 Å². The third kappa shape index (κ3) is 5.61. The van der Waals surface area contributed by atoms with E-state index in [-0.39, 0.29) is 0 Å². The van der Waals surface area contributed by atoms with E-state index in [1.807, 2.05) is 44.3 Å². The number of likely N-dealkylation sites (N-methyl/N-ethyl adjacent to an activating group) is 1. The zero-order valence-electron chi connectivity index (χ0n) is 15.3. The number of hydrogen-bond acceptors (Lipinski definition) is 3. The van der Waals surface area contributed by atoms with E-state index in [4.69, 9.17) is 0 Å². The largest absolute Gasteiger partial charge is 0.370 e. The van der Waals surface area contributed by atoms with Crippen molar-refractivity contribution in [3.63, 3.8) is 0 Å². The summed E-state index contributed by atoms with van der Waals surface area (Å²) in [6.07, 6.45) is 9.45. The monoisotopic (exact) mass is 357 g/mol. The van der Waals surface area contributed by atoms with Crippen LogP contribution >= 0.6 is 0 Å². The van der Waals surface area contributed by atoms with Gasteiger partial charge in [-0.1, -0.05) is 57.0 Å². The summed E-state index contributed by atoms with van der Waals surface area (Å²) in [7, 11) is -1.23. The fourth-order valence-corrected chi connectivity index (χ4v) is 3.07. The predicted molar refractivity (Wildman–Crippen MR) is 108 cm³/mol. The summed E-state index contributed by atoms with van der Waals surface area (Å²) in [5.41, 5.74) is 3.83. The Morgan fingerprint density at radius 1 is 1.20 bits per heavy atom. The summed E-state index contributed by atoms with van der Waals surface area (Å²) in [6, 6.07) is 6.91. The molecule has 0 unspecified atom stereocenters. The maximum absolute atomic E-state index is 11.7. The van der Waals surface area contributed by atoms with E-state index in [9.17, 15) is 8.42 Å². The SMILES string of the molecule is C=C/C=C\CN(C)/C(C=C)=C(\C(=C)CC)c1ccc(S(C)(=O)=O)cc1. The Labute approximate surface area is 152 Å². The van der Waals surface area contributed by atoms with Crippen LogP contribution in [0.3, 0.4) is 0 Å². The minimum absolute atomic E-state index is 0.306. The van der Waals surface area contributed by atoms with E-state index in [1.165, 1.54) is 6.26 Å². The lowest BCUT2D eigenvalue weighted by atomic mass is 9.94. The molecule has 0 saturated carbocycles. The molecule has 25 heavy (non-hydrogen) atoms. The Balaban J connectivity index is 3.44. The number of sulfone groups is 1. The van der Waals surface area contributed by atoms with Gasteiger partial charge in [0.25, 0.3) is 0 Å². The van der Waals surface area contributed by atoms with Gasteiger partial charge in [-0.2, -0.15) is 0 Å². The Kier molecular flexibility index (Phi) is 7.65. The Hall–Kier alpha value is -2.33. The molecule has 0 fully saturated rings. The average Bonchev–Trinajstić information content (AvgIpc) is 2.58. The van der Waals surface area contributed by atoms with Crippen LogP contribution in [0.2, 0.25) is 0 Å². The molecule has 0 atom stereocenters. The molecule has 0 amide bonds. The molecule has 1 rings (SSSR count). The maximum atomic E-state index is 11.7. The molecule has 0 radical (unpaired) electrons. The van der Waals surface area contributed by atoms with Gasteiger partial charge in [-0.3, -0.25) is 0 Å². The van der Waals surface area contributed by atoms with E-state index >= 15 is 0 Å². The second-order valence-electron chi connectivity index (χ2n) is 5.76. The lowest BCUT2D eigenvalue weighted by Crippen LogP contribution is -2.18. The number of rotatable bonds is 9. The first-order chi connectivity index (χ1) is 11.8. The van der Waals surface area contributed by atoms with E-state index in [2.05, 4.69) is 24.6 Å². The van der Waals surface area contributed by atoms with Gasteiger partial charge in [0.05, 0.1) is 4.90 Å². The Morgan fingerprint density at radius 3 is 2.24 bits per heavy atom. The van der Waals surface area contributed by atoms with Crippen molar-refractivity contribution in [2.24, 2.45) is 0 Å². The smallest absolute Gasteiger partial charge is 0.175 e. The molecule has 0 heterocycles. The summed E-state index contributed by atoms with van der Waals surface area (Å²) >= 11 is 0. The van der Waals surface area contributed by atoms with Crippen molar-refractivity contribution in [1.29, 1.82) is 0 Å². The van der Waals surface area contributed by atoms with Crippen molar-refractivity contribution in [2.45, 2.75) is 18.2 Å². The van der Waals surface area contributed by atoms with Crippen molar-refractivity contribution < 1.29 is 8.42 Å². The number of nitrogens with zero attached hydrogens (tertiary/aromatic N) is 1. The fourth-order valence-electron chi connectivity index (χ4n) is 2.44. The second-order valence-corrected chi connectivity index (χ2v) is 7.78. The van der Waals surface area contributed by atoms with Gasteiger partial charge in [0.2, 0.25) is 0 Å². The third-order valence-corrected chi connectivity index (χ3v) is 4.99. The van der Waals surface area contributed by atoms with Gasteiger partial charge < -0.3 is 4.90 Å². The van der Waals surface area contributed by atoms with Gasteiger partial charge in [-0.15, -0.1) is 0 Å². The highest BCUT2D eigenvalue weighted by Crippen LogP contribution is 2.30. The molecule has 0 saturated heterocycles. The van der Waals surface area contributed by atoms with Crippen LogP contribution in [-0.2, 0) is 9.84 Å². The van der Waals surface area contributed by atoms with E-state index in [0.717, 1.165) is 28.8 Å².